The zero-order valence-corrected chi connectivity index (χ0v) is 14.4. The van der Waals surface area contributed by atoms with E-state index >= 15 is 0 Å². The minimum absolute atomic E-state index is 0.0282. The fourth-order valence-corrected chi connectivity index (χ4v) is 3.39. The van der Waals surface area contributed by atoms with E-state index in [-0.39, 0.29) is 17.8 Å². The van der Waals surface area contributed by atoms with Crippen molar-refractivity contribution in [1.29, 1.82) is 0 Å². The predicted octanol–water partition coefficient (Wildman–Crippen LogP) is 2.11. The van der Waals surface area contributed by atoms with Crippen LogP contribution in [-0.2, 0) is 11.3 Å². The Morgan fingerprint density at radius 3 is 2.62 bits per heavy atom. The first-order chi connectivity index (χ1) is 11.6. The smallest absolute Gasteiger partial charge is 0.237 e. The number of benzene rings is 1. The van der Waals surface area contributed by atoms with Gasteiger partial charge in [0, 0.05) is 43.4 Å². The topological polar surface area (TPSA) is 48.5 Å². The van der Waals surface area contributed by atoms with Gasteiger partial charge in [0.1, 0.15) is 10.8 Å². The molecule has 1 aliphatic heterocycles. The second kappa shape index (κ2) is 7.72. The van der Waals surface area contributed by atoms with Crippen LogP contribution in [0.1, 0.15) is 11.9 Å². The summed E-state index contributed by atoms with van der Waals surface area (Å²) in [6.07, 6.45) is 1.74. The number of piperazine rings is 1. The van der Waals surface area contributed by atoms with Crippen LogP contribution in [0.15, 0.2) is 35.8 Å². The van der Waals surface area contributed by atoms with E-state index in [9.17, 15) is 9.18 Å². The summed E-state index contributed by atoms with van der Waals surface area (Å²) in [5, 5.41) is 5.76. The first kappa shape index (κ1) is 16.9. The number of hydrogen-bond acceptors (Lipinski definition) is 5. The number of hydrogen-bond donors (Lipinski definition) is 1. The van der Waals surface area contributed by atoms with Crippen molar-refractivity contribution in [2.45, 2.75) is 19.5 Å². The van der Waals surface area contributed by atoms with Gasteiger partial charge in [0.2, 0.25) is 5.91 Å². The molecule has 1 amide bonds. The third-order valence-electron chi connectivity index (χ3n) is 4.33. The molecule has 7 heteroatoms. The van der Waals surface area contributed by atoms with Crippen molar-refractivity contribution in [3.63, 3.8) is 0 Å². The number of nitrogens with one attached hydrogen (secondary N) is 1. The van der Waals surface area contributed by atoms with Gasteiger partial charge in [0.05, 0.1) is 12.6 Å². The van der Waals surface area contributed by atoms with Crippen molar-refractivity contribution in [1.82, 2.24) is 15.2 Å². The number of thiazole rings is 1. The monoisotopic (exact) mass is 348 g/mol. The van der Waals surface area contributed by atoms with Crippen LogP contribution in [0.3, 0.4) is 0 Å². The highest BCUT2D eigenvalue weighted by molar-refractivity contribution is 7.09. The standard InChI is InChI=1S/C17H21FN4OS/c1-13(17(23)20-12-16-19-6-11-24-16)21-7-9-22(10-8-21)15-4-2-14(18)3-5-15/h2-6,11,13H,7-10,12H2,1H3,(H,20,23)/t13-/m0/s1. The van der Waals surface area contributed by atoms with E-state index in [1.807, 2.05) is 12.3 Å². The molecule has 1 saturated heterocycles. The minimum atomic E-state index is -0.220. The lowest BCUT2D eigenvalue weighted by Crippen LogP contribution is -2.53. The Bertz CT molecular complexity index is 654. The van der Waals surface area contributed by atoms with E-state index in [0.717, 1.165) is 36.9 Å². The maximum Gasteiger partial charge on any atom is 0.237 e. The Hall–Kier alpha value is -1.99. The molecule has 1 aromatic carbocycles. The van der Waals surface area contributed by atoms with Gasteiger partial charge in [-0.2, -0.15) is 0 Å². The maximum atomic E-state index is 13.0. The van der Waals surface area contributed by atoms with Crippen molar-refractivity contribution in [2.75, 3.05) is 31.1 Å². The van der Waals surface area contributed by atoms with Gasteiger partial charge in [-0.25, -0.2) is 9.37 Å². The van der Waals surface area contributed by atoms with Gasteiger partial charge in [-0.3, -0.25) is 9.69 Å². The lowest BCUT2D eigenvalue weighted by Gasteiger charge is -2.38. The Morgan fingerprint density at radius 1 is 1.29 bits per heavy atom. The van der Waals surface area contributed by atoms with Crippen LogP contribution in [0, 0.1) is 5.82 Å². The first-order valence-electron chi connectivity index (χ1n) is 8.04. The fraction of sp³-hybridized carbons (Fsp3) is 0.412. The summed E-state index contributed by atoms with van der Waals surface area (Å²) in [6.45, 7) is 5.69. The summed E-state index contributed by atoms with van der Waals surface area (Å²) >= 11 is 1.54. The molecule has 5 nitrogen and oxygen atoms in total. The van der Waals surface area contributed by atoms with Crippen LogP contribution in [0.2, 0.25) is 0 Å². The van der Waals surface area contributed by atoms with Gasteiger partial charge in [0.25, 0.3) is 0 Å². The lowest BCUT2D eigenvalue weighted by molar-refractivity contribution is -0.126. The van der Waals surface area contributed by atoms with Crippen LogP contribution in [0.25, 0.3) is 0 Å². The molecular weight excluding hydrogens is 327 g/mol. The Kier molecular flexibility index (Phi) is 5.42. The zero-order chi connectivity index (χ0) is 16.9. The number of anilines is 1. The molecule has 1 aliphatic rings. The van der Waals surface area contributed by atoms with Crippen LogP contribution in [-0.4, -0.2) is 48.0 Å². The lowest BCUT2D eigenvalue weighted by atomic mass is 10.2. The molecular formula is C17H21FN4OS. The third-order valence-corrected chi connectivity index (χ3v) is 5.11. The van der Waals surface area contributed by atoms with Crippen molar-refractivity contribution in [2.24, 2.45) is 0 Å². The van der Waals surface area contributed by atoms with Gasteiger partial charge in [-0.1, -0.05) is 0 Å². The summed E-state index contributed by atoms with van der Waals surface area (Å²) in [5.74, 6) is -0.191. The molecule has 2 aromatic rings. The van der Waals surface area contributed by atoms with Crippen molar-refractivity contribution < 1.29 is 9.18 Å². The second-order valence-electron chi connectivity index (χ2n) is 5.82. The highest BCUT2D eigenvalue weighted by Crippen LogP contribution is 2.17. The number of carbonyl (C=O) groups excluding carboxylic acids is 1. The van der Waals surface area contributed by atoms with Gasteiger partial charge in [0.15, 0.2) is 0 Å². The Morgan fingerprint density at radius 2 is 2.00 bits per heavy atom. The number of amides is 1. The summed E-state index contributed by atoms with van der Waals surface area (Å²) < 4.78 is 13.0. The van der Waals surface area contributed by atoms with Crippen molar-refractivity contribution >= 4 is 22.9 Å². The number of aromatic nitrogens is 1. The average molecular weight is 348 g/mol. The van der Waals surface area contributed by atoms with E-state index in [1.54, 1.807) is 18.3 Å². The molecule has 0 aliphatic carbocycles. The van der Waals surface area contributed by atoms with Crippen molar-refractivity contribution in [3.8, 4) is 0 Å². The van der Waals surface area contributed by atoms with Crippen LogP contribution in [0.5, 0.6) is 0 Å². The van der Waals surface area contributed by atoms with Gasteiger partial charge in [-0.15, -0.1) is 11.3 Å². The van der Waals surface area contributed by atoms with Gasteiger partial charge in [-0.05, 0) is 31.2 Å². The summed E-state index contributed by atoms with van der Waals surface area (Å²) in [4.78, 5) is 20.9. The maximum absolute atomic E-state index is 13.0. The molecule has 1 N–H and O–H groups in total. The molecule has 0 spiro atoms. The quantitative estimate of drug-likeness (QED) is 0.899. The van der Waals surface area contributed by atoms with Crippen molar-refractivity contribution in [3.05, 3.63) is 46.7 Å². The van der Waals surface area contributed by atoms with Crippen LogP contribution >= 0.6 is 11.3 Å². The molecule has 24 heavy (non-hydrogen) atoms. The zero-order valence-electron chi connectivity index (χ0n) is 13.6. The molecule has 0 saturated carbocycles. The molecule has 0 bridgehead atoms. The van der Waals surface area contributed by atoms with E-state index < -0.39 is 0 Å². The second-order valence-corrected chi connectivity index (χ2v) is 6.80. The van der Waals surface area contributed by atoms with Crippen LogP contribution < -0.4 is 10.2 Å². The first-order valence-corrected chi connectivity index (χ1v) is 8.92. The molecule has 2 heterocycles. The third kappa shape index (κ3) is 4.10. The molecule has 1 fully saturated rings. The number of nitrogens with zero attached hydrogens (tertiary/aromatic N) is 3. The average Bonchev–Trinajstić information content (AvgIpc) is 3.13. The Balaban J connectivity index is 1.48. The number of rotatable bonds is 5. The number of halogens is 1. The highest BCUT2D eigenvalue weighted by Gasteiger charge is 2.25. The van der Waals surface area contributed by atoms with E-state index in [4.69, 9.17) is 0 Å². The number of carbonyl (C=O) groups is 1. The highest BCUT2D eigenvalue weighted by atomic mass is 32.1. The molecule has 1 atom stereocenters. The van der Waals surface area contributed by atoms with Gasteiger partial charge < -0.3 is 10.2 Å². The molecule has 3 rings (SSSR count). The summed E-state index contributed by atoms with van der Waals surface area (Å²) in [5.41, 5.74) is 1.02. The normalized spacial score (nSPS) is 16.8. The molecule has 0 unspecified atom stereocenters. The fourth-order valence-electron chi connectivity index (χ4n) is 2.84. The van der Waals surface area contributed by atoms with Crippen LogP contribution in [0.4, 0.5) is 10.1 Å². The van der Waals surface area contributed by atoms with E-state index in [1.165, 1.54) is 23.5 Å². The predicted molar refractivity (Wildman–Crippen MR) is 93.6 cm³/mol. The summed E-state index contributed by atoms with van der Waals surface area (Å²) in [7, 11) is 0. The molecule has 128 valence electrons. The largest absolute Gasteiger partial charge is 0.369 e. The SMILES string of the molecule is C[C@@H](C(=O)NCc1nccs1)N1CCN(c2ccc(F)cc2)CC1. The summed E-state index contributed by atoms with van der Waals surface area (Å²) in [6, 6.07) is 6.40. The molecule has 0 radical (unpaired) electrons. The van der Waals surface area contributed by atoms with Gasteiger partial charge >= 0.3 is 0 Å². The van der Waals surface area contributed by atoms with E-state index in [0.29, 0.717) is 6.54 Å². The molecule has 1 aromatic heterocycles. The minimum Gasteiger partial charge on any atom is -0.369 e. The van der Waals surface area contributed by atoms with E-state index in [2.05, 4.69) is 20.1 Å². The Labute approximate surface area is 145 Å².